The number of carbonyl (C=O) groups excluding carboxylic acids is 1. The molecule has 0 aromatic heterocycles. The van der Waals surface area contributed by atoms with Gasteiger partial charge < -0.3 is 10.5 Å². The summed E-state index contributed by atoms with van der Waals surface area (Å²) >= 11 is 3.38. The lowest BCUT2D eigenvalue weighted by Crippen LogP contribution is -2.12. The van der Waals surface area contributed by atoms with Crippen molar-refractivity contribution in [1.29, 1.82) is 0 Å². The summed E-state index contributed by atoms with van der Waals surface area (Å²) in [6.45, 7) is 2.21. The van der Waals surface area contributed by atoms with Gasteiger partial charge >= 0.3 is 6.09 Å². The second kappa shape index (κ2) is 4.28. The van der Waals surface area contributed by atoms with E-state index in [2.05, 4.69) is 20.7 Å². The Kier molecular flexibility index (Phi) is 3.31. The third-order valence-corrected chi connectivity index (χ3v) is 2.47. The second-order valence-corrected chi connectivity index (χ2v) is 3.55. The molecule has 3 nitrogen and oxygen atoms in total. The van der Waals surface area contributed by atoms with Crippen molar-refractivity contribution in [1.82, 2.24) is 0 Å². The molecule has 0 radical (unpaired) electrons. The first-order chi connectivity index (χ1) is 6.09. The van der Waals surface area contributed by atoms with Gasteiger partial charge in [0.05, 0.1) is 0 Å². The number of ether oxygens (including phenoxy) is 1. The van der Waals surface area contributed by atoms with E-state index >= 15 is 0 Å². The zero-order valence-electron chi connectivity index (χ0n) is 7.21. The van der Waals surface area contributed by atoms with Gasteiger partial charge in [0.1, 0.15) is 6.61 Å². The van der Waals surface area contributed by atoms with Crippen LogP contribution in [0.5, 0.6) is 0 Å². The number of rotatable bonds is 2. The Balaban J connectivity index is 2.68. The van der Waals surface area contributed by atoms with Gasteiger partial charge in [0, 0.05) is 4.47 Å². The fraction of sp³-hybridized carbons (Fsp3) is 0.222. The average molecular weight is 244 g/mol. The number of aryl methyl sites for hydroxylation is 1. The molecule has 13 heavy (non-hydrogen) atoms. The summed E-state index contributed by atoms with van der Waals surface area (Å²) in [7, 11) is 0. The summed E-state index contributed by atoms with van der Waals surface area (Å²) in [5, 5.41) is 0. The molecule has 4 heteroatoms. The van der Waals surface area contributed by atoms with Crippen LogP contribution in [-0.2, 0) is 11.3 Å². The number of hydrogen-bond acceptors (Lipinski definition) is 2. The summed E-state index contributed by atoms with van der Waals surface area (Å²) in [6.07, 6.45) is -0.753. The lowest BCUT2D eigenvalue weighted by Gasteiger charge is -2.03. The van der Waals surface area contributed by atoms with E-state index in [4.69, 9.17) is 5.73 Å². The molecule has 70 valence electrons. The van der Waals surface area contributed by atoms with Crippen molar-refractivity contribution in [2.24, 2.45) is 5.73 Å². The van der Waals surface area contributed by atoms with Crippen molar-refractivity contribution in [3.63, 3.8) is 0 Å². The molecule has 0 atom stereocenters. The van der Waals surface area contributed by atoms with Crippen LogP contribution >= 0.6 is 15.9 Å². The Bertz CT molecular complexity index is 325. The van der Waals surface area contributed by atoms with Gasteiger partial charge in [0.25, 0.3) is 0 Å². The third-order valence-electron chi connectivity index (χ3n) is 1.62. The topological polar surface area (TPSA) is 52.3 Å². The van der Waals surface area contributed by atoms with Crippen LogP contribution in [0.1, 0.15) is 11.1 Å². The first-order valence-corrected chi connectivity index (χ1v) is 4.56. The molecule has 0 aliphatic rings. The molecule has 0 aliphatic heterocycles. The van der Waals surface area contributed by atoms with Gasteiger partial charge in [-0.2, -0.15) is 0 Å². The van der Waals surface area contributed by atoms with Gasteiger partial charge in [0.2, 0.25) is 0 Å². The number of amides is 1. The van der Waals surface area contributed by atoms with Crippen molar-refractivity contribution in [2.45, 2.75) is 13.5 Å². The summed E-state index contributed by atoms with van der Waals surface area (Å²) < 4.78 is 5.64. The molecule has 0 fully saturated rings. The van der Waals surface area contributed by atoms with Gasteiger partial charge in [-0.1, -0.05) is 28.1 Å². The Morgan fingerprint density at radius 1 is 1.62 bits per heavy atom. The molecular weight excluding hydrogens is 234 g/mol. The first kappa shape index (κ1) is 10.1. The van der Waals surface area contributed by atoms with E-state index in [1.54, 1.807) is 0 Å². The summed E-state index contributed by atoms with van der Waals surface area (Å²) in [5.41, 5.74) is 6.89. The number of primary amides is 1. The van der Waals surface area contributed by atoms with E-state index in [1.807, 2.05) is 25.1 Å². The van der Waals surface area contributed by atoms with Gasteiger partial charge in [-0.05, 0) is 24.1 Å². The molecule has 1 amide bonds. The molecule has 0 aliphatic carbocycles. The van der Waals surface area contributed by atoms with Crippen LogP contribution in [0, 0.1) is 6.92 Å². The second-order valence-electron chi connectivity index (χ2n) is 2.69. The fourth-order valence-electron chi connectivity index (χ4n) is 0.881. The van der Waals surface area contributed by atoms with Gasteiger partial charge in [-0.3, -0.25) is 0 Å². The smallest absolute Gasteiger partial charge is 0.404 e. The third kappa shape index (κ3) is 3.06. The predicted molar refractivity (Wildman–Crippen MR) is 53.3 cm³/mol. The maximum atomic E-state index is 10.3. The van der Waals surface area contributed by atoms with Crippen LogP contribution in [0.3, 0.4) is 0 Å². The van der Waals surface area contributed by atoms with E-state index < -0.39 is 6.09 Å². The molecule has 0 unspecified atom stereocenters. The minimum atomic E-state index is -0.753. The normalized spacial score (nSPS) is 9.69. The van der Waals surface area contributed by atoms with Crippen molar-refractivity contribution in [3.8, 4) is 0 Å². The highest BCUT2D eigenvalue weighted by molar-refractivity contribution is 9.10. The lowest BCUT2D eigenvalue weighted by atomic mass is 10.2. The molecule has 0 spiro atoms. The molecule has 2 N–H and O–H groups in total. The molecular formula is C9H10BrNO2. The number of benzene rings is 1. The van der Waals surface area contributed by atoms with Crippen LogP contribution < -0.4 is 5.73 Å². The zero-order chi connectivity index (χ0) is 9.84. The van der Waals surface area contributed by atoms with E-state index in [9.17, 15) is 4.79 Å². The van der Waals surface area contributed by atoms with E-state index in [1.165, 1.54) is 0 Å². The van der Waals surface area contributed by atoms with E-state index in [0.29, 0.717) is 0 Å². The highest BCUT2D eigenvalue weighted by atomic mass is 79.9. The number of hydrogen-bond donors (Lipinski definition) is 1. The molecule has 0 heterocycles. The van der Waals surface area contributed by atoms with Crippen LogP contribution in [0.2, 0.25) is 0 Å². The van der Waals surface area contributed by atoms with Gasteiger partial charge in [-0.25, -0.2) is 4.79 Å². The monoisotopic (exact) mass is 243 g/mol. The van der Waals surface area contributed by atoms with E-state index in [-0.39, 0.29) is 6.61 Å². The Morgan fingerprint density at radius 3 is 2.85 bits per heavy atom. The highest BCUT2D eigenvalue weighted by Crippen LogP contribution is 2.17. The first-order valence-electron chi connectivity index (χ1n) is 3.77. The van der Waals surface area contributed by atoms with Crippen molar-refractivity contribution in [2.75, 3.05) is 0 Å². The van der Waals surface area contributed by atoms with Crippen molar-refractivity contribution in [3.05, 3.63) is 33.8 Å². The average Bonchev–Trinajstić information content (AvgIpc) is 2.07. The number of nitrogens with two attached hydrogens (primary N) is 1. The van der Waals surface area contributed by atoms with Gasteiger partial charge in [0.15, 0.2) is 0 Å². The molecule has 0 bridgehead atoms. The number of carbonyl (C=O) groups is 1. The van der Waals surface area contributed by atoms with Crippen LogP contribution in [0.15, 0.2) is 22.7 Å². The maximum absolute atomic E-state index is 10.3. The minimum absolute atomic E-state index is 0.216. The summed E-state index contributed by atoms with van der Waals surface area (Å²) in [4.78, 5) is 10.3. The van der Waals surface area contributed by atoms with Crippen LogP contribution in [0.4, 0.5) is 4.79 Å². The lowest BCUT2D eigenvalue weighted by molar-refractivity contribution is 0.150. The van der Waals surface area contributed by atoms with Gasteiger partial charge in [-0.15, -0.1) is 0 Å². The predicted octanol–water partition coefficient (Wildman–Crippen LogP) is 2.35. The SMILES string of the molecule is Cc1ccc(COC(N)=O)cc1Br. The molecule has 0 saturated carbocycles. The van der Waals surface area contributed by atoms with Crippen LogP contribution in [-0.4, -0.2) is 6.09 Å². The Morgan fingerprint density at radius 2 is 2.31 bits per heavy atom. The van der Waals surface area contributed by atoms with Crippen molar-refractivity contribution < 1.29 is 9.53 Å². The maximum Gasteiger partial charge on any atom is 0.404 e. The Labute approximate surface area is 85.0 Å². The summed E-state index contributed by atoms with van der Waals surface area (Å²) in [6, 6.07) is 5.74. The van der Waals surface area contributed by atoms with E-state index in [0.717, 1.165) is 15.6 Å². The Hall–Kier alpha value is -1.03. The largest absolute Gasteiger partial charge is 0.445 e. The fourth-order valence-corrected chi connectivity index (χ4v) is 1.31. The molecule has 1 aromatic carbocycles. The highest BCUT2D eigenvalue weighted by Gasteiger charge is 1.99. The van der Waals surface area contributed by atoms with Crippen molar-refractivity contribution >= 4 is 22.0 Å². The standard InChI is InChI=1S/C9H10BrNO2/c1-6-2-3-7(4-8(6)10)5-13-9(11)12/h2-4H,5H2,1H3,(H2,11,12). The van der Waals surface area contributed by atoms with Crippen LogP contribution in [0.25, 0.3) is 0 Å². The summed E-state index contributed by atoms with van der Waals surface area (Å²) in [5.74, 6) is 0. The minimum Gasteiger partial charge on any atom is -0.445 e. The molecule has 1 aromatic rings. The molecule has 1 rings (SSSR count). The quantitative estimate of drug-likeness (QED) is 0.868. The molecule has 0 saturated heterocycles. The number of halogens is 1. The zero-order valence-corrected chi connectivity index (χ0v) is 8.80.